The molecule has 118 valence electrons. The highest BCUT2D eigenvalue weighted by atomic mass is 32.2. The third-order valence-corrected chi connectivity index (χ3v) is 4.72. The van der Waals surface area contributed by atoms with E-state index in [1.54, 1.807) is 19.1 Å². The van der Waals surface area contributed by atoms with Crippen LogP contribution in [-0.2, 0) is 10.0 Å². The number of carbonyl (C=O) groups excluding carboxylic acids is 1. The van der Waals surface area contributed by atoms with Gasteiger partial charge >= 0.3 is 0 Å². The maximum atomic E-state index is 12.1. The number of carbonyl (C=O) groups is 1. The van der Waals surface area contributed by atoms with Crippen LogP contribution in [0.2, 0.25) is 0 Å². The third-order valence-electron chi connectivity index (χ3n) is 3.26. The van der Waals surface area contributed by atoms with Crippen molar-refractivity contribution in [3.8, 4) is 0 Å². The number of nitrogens with one attached hydrogen (secondary N) is 1. The predicted molar refractivity (Wildman–Crippen MR) is 81.7 cm³/mol. The Kier molecular flexibility index (Phi) is 7.01. The molecule has 0 spiro atoms. The van der Waals surface area contributed by atoms with E-state index >= 15 is 0 Å². The first-order chi connectivity index (χ1) is 9.90. The Bertz CT molecular complexity index is 569. The number of benzene rings is 1. The fourth-order valence-corrected chi connectivity index (χ4v) is 2.99. The Morgan fingerprint density at radius 3 is 2.71 bits per heavy atom. The Hall–Kier alpha value is -1.24. The van der Waals surface area contributed by atoms with Crippen molar-refractivity contribution in [1.29, 1.82) is 0 Å². The zero-order chi connectivity index (χ0) is 15.9. The van der Waals surface area contributed by atoms with Gasteiger partial charge in [0.25, 0.3) is 0 Å². The fraction of sp³-hybridized carbons (Fsp3) is 0.533. The molecule has 21 heavy (non-hydrogen) atoms. The minimum atomic E-state index is -3.59. The van der Waals surface area contributed by atoms with E-state index in [1.807, 2.05) is 6.92 Å². The summed E-state index contributed by atoms with van der Waals surface area (Å²) in [5.74, 6) is 0.0869. The van der Waals surface area contributed by atoms with Gasteiger partial charge in [-0.15, -0.1) is 0 Å². The minimum Gasteiger partial charge on any atom is -0.396 e. The number of aliphatic hydroxyl groups excluding tert-OH is 1. The van der Waals surface area contributed by atoms with Gasteiger partial charge in [0, 0.05) is 25.1 Å². The third kappa shape index (κ3) is 5.57. The van der Waals surface area contributed by atoms with Crippen LogP contribution in [0.1, 0.15) is 43.5 Å². The van der Waals surface area contributed by atoms with Crippen molar-refractivity contribution in [2.75, 3.05) is 13.2 Å². The number of Topliss-reactive ketones (excluding diaryl/α,β-unsaturated/α-hetero) is 1. The molecule has 0 aliphatic carbocycles. The largest absolute Gasteiger partial charge is 0.396 e. The quantitative estimate of drug-likeness (QED) is 0.539. The molecule has 6 heteroatoms. The molecule has 0 aliphatic rings. The van der Waals surface area contributed by atoms with Crippen LogP contribution in [0.3, 0.4) is 0 Å². The van der Waals surface area contributed by atoms with Crippen molar-refractivity contribution < 1.29 is 18.3 Å². The van der Waals surface area contributed by atoms with Gasteiger partial charge in [-0.2, -0.15) is 0 Å². The van der Waals surface area contributed by atoms with E-state index in [4.69, 9.17) is 5.11 Å². The summed E-state index contributed by atoms with van der Waals surface area (Å²) in [7, 11) is -3.59. The van der Waals surface area contributed by atoms with Gasteiger partial charge in [-0.25, -0.2) is 13.1 Å². The lowest BCUT2D eigenvalue weighted by molar-refractivity contribution is 0.0988. The van der Waals surface area contributed by atoms with Crippen molar-refractivity contribution >= 4 is 15.8 Å². The van der Waals surface area contributed by atoms with E-state index in [9.17, 15) is 13.2 Å². The molecule has 0 amide bonds. The van der Waals surface area contributed by atoms with Crippen molar-refractivity contribution in [3.05, 3.63) is 29.8 Å². The lowest BCUT2D eigenvalue weighted by atomic mass is 10.1. The van der Waals surface area contributed by atoms with Crippen molar-refractivity contribution in [2.24, 2.45) is 5.92 Å². The zero-order valence-corrected chi connectivity index (χ0v) is 13.3. The van der Waals surface area contributed by atoms with E-state index < -0.39 is 10.0 Å². The fourth-order valence-electron chi connectivity index (χ4n) is 1.87. The molecule has 1 unspecified atom stereocenters. The second-order valence-electron chi connectivity index (χ2n) is 5.13. The lowest BCUT2D eigenvalue weighted by Crippen LogP contribution is -2.25. The normalized spacial score (nSPS) is 13.1. The molecule has 5 nitrogen and oxygen atoms in total. The Labute approximate surface area is 126 Å². The van der Waals surface area contributed by atoms with Gasteiger partial charge in [-0.1, -0.05) is 26.0 Å². The van der Waals surface area contributed by atoms with Crippen LogP contribution in [-0.4, -0.2) is 32.5 Å². The van der Waals surface area contributed by atoms with E-state index in [2.05, 4.69) is 4.72 Å². The van der Waals surface area contributed by atoms with E-state index in [-0.39, 0.29) is 23.2 Å². The molecule has 0 saturated carbocycles. The summed E-state index contributed by atoms with van der Waals surface area (Å²) in [6, 6.07) is 6.08. The highest BCUT2D eigenvalue weighted by molar-refractivity contribution is 7.89. The van der Waals surface area contributed by atoms with Crippen LogP contribution in [0.15, 0.2) is 29.2 Å². The topological polar surface area (TPSA) is 83.5 Å². The SMILES string of the molecule is CCC(=O)c1cccc(S(=O)(=O)NCCCC(C)CO)c1. The molecule has 0 saturated heterocycles. The number of rotatable bonds is 9. The highest BCUT2D eigenvalue weighted by Crippen LogP contribution is 2.13. The molecular weight excluding hydrogens is 290 g/mol. The first-order valence-corrected chi connectivity index (χ1v) is 8.62. The molecule has 0 aromatic heterocycles. The molecule has 2 N–H and O–H groups in total. The number of hydrogen-bond donors (Lipinski definition) is 2. The summed E-state index contributed by atoms with van der Waals surface area (Å²) in [6.07, 6.45) is 1.76. The monoisotopic (exact) mass is 313 g/mol. The van der Waals surface area contributed by atoms with Crippen LogP contribution in [0, 0.1) is 5.92 Å². The van der Waals surface area contributed by atoms with Gasteiger partial charge in [0.05, 0.1) is 4.90 Å². The molecule has 0 fully saturated rings. The van der Waals surface area contributed by atoms with E-state index in [0.29, 0.717) is 24.9 Å². The average molecular weight is 313 g/mol. The smallest absolute Gasteiger partial charge is 0.240 e. The lowest BCUT2D eigenvalue weighted by Gasteiger charge is -2.10. The van der Waals surface area contributed by atoms with Gasteiger partial charge in [0.1, 0.15) is 0 Å². The zero-order valence-electron chi connectivity index (χ0n) is 12.5. The summed E-state index contributed by atoms with van der Waals surface area (Å²) in [5.41, 5.74) is 0.411. The summed E-state index contributed by atoms with van der Waals surface area (Å²) >= 11 is 0. The van der Waals surface area contributed by atoms with Crippen molar-refractivity contribution in [1.82, 2.24) is 4.72 Å². The summed E-state index contributed by atoms with van der Waals surface area (Å²) in [5, 5.41) is 8.91. The summed E-state index contributed by atoms with van der Waals surface area (Å²) in [4.78, 5) is 11.7. The van der Waals surface area contributed by atoms with E-state index in [0.717, 1.165) is 6.42 Å². The summed E-state index contributed by atoms with van der Waals surface area (Å²) < 4.78 is 26.8. The maximum Gasteiger partial charge on any atom is 0.240 e. The van der Waals surface area contributed by atoms with Crippen molar-refractivity contribution in [3.63, 3.8) is 0 Å². The average Bonchev–Trinajstić information content (AvgIpc) is 2.50. The second-order valence-corrected chi connectivity index (χ2v) is 6.90. The first kappa shape index (κ1) is 17.8. The van der Waals surface area contributed by atoms with Gasteiger partial charge in [0.2, 0.25) is 10.0 Å². The number of hydrogen-bond acceptors (Lipinski definition) is 4. The molecule has 1 atom stereocenters. The first-order valence-electron chi connectivity index (χ1n) is 7.14. The van der Waals surface area contributed by atoms with Crippen LogP contribution >= 0.6 is 0 Å². The second kappa shape index (κ2) is 8.26. The number of aliphatic hydroxyl groups is 1. The molecule has 0 heterocycles. The predicted octanol–water partition coefficient (Wildman–Crippen LogP) is 1.97. The van der Waals surface area contributed by atoms with Gasteiger partial charge in [-0.05, 0) is 30.9 Å². The molecule has 1 aromatic rings. The molecule has 0 bridgehead atoms. The maximum absolute atomic E-state index is 12.1. The van der Waals surface area contributed by atoms with Crippen LogP contribution in [0.5, 0.6) is 0 Å². The number of sulfonamides is 1. The molecule has 0 aliphatic heterocycles. The van der Waals surface area contributed by atoms with E-state index in [1.165, 1.54) is 12.1 Å². The van der Waals surface area contributed by atoms with Crippen LogP contribution < -0.4 is 4.72 Å². The molecule has 1 rings (SSSR count). The number of ketones is 1. The molecule has 1 aromatic carbocycles. The van der Waals surface area contributed by atoms with Crippen LogP contribution in [0.25, 0.3) is 0 Å². The Morgan fingerprint density at radius 2 is 2.10 bits per heavy atom. The standard InChI is InChI=1S/C15H23NO4S/c1-3-15(18)13-7-4-8-14(10-13)21(19,20)16-9-5-6-12(2)11-17/h4,7-8,10,12,16-17H,3,5-6,9,11H2,1-2H3. The van der Waals surface area contributed by atoms with Gasteiger partial charge in [0.15, 0.2) is 5.78 Å². The molecular formula is C15H23NO4S. The highest BCUT2D eigenvalue weighted by Gasteiger charge is 2.15. The molecule has 0 radical (unpaired) electrons. The van der Waals surface area contributed by atoms with Crippen LogP contribution in [0.4, 0.5) is 0 Å². The van der Waals surface area contributed by atoms with Crippen molar-refractivity contribution in [2.45, 2.75) is 38.0 Å². The van der Waals surface area contributed by atoms with Gasteiger partial charge < -0.3 is 5.11 Å². The Balaban J connectivity index is 2.68. The Morgan fingerprint density at radius 1 is 1.38 bits per heavy atom. The summed E-state index contributed by atoms with van der Waals surface area (Å²) in [6.45, 7) is 4.07. The minimum absolute atomic E-state index is 0.0798. The van der Waals surface area contributed by atoms with Gasteiger partial charge in [-0.3, -0.25) is 4.79 Å².